The van der Waals surface area contributed by atoms with Crippen LogP contribution in [0.25, 0.3) is 0 Å². The van der Waals surface area contributed by atoms with E-state index in [9.17, 15) is 4.79 Å². The van der Waals surface area contributed by atoms with Crippen LogP contribution in [0.3, 0.4) is 0 Å². The number of ether oxygens (including phenoxy) is 1. The highest BCUT2D eigenvalue weighted by Crippen LogP contribution is 2.10. The predicted octanol–water partition coefficient (Wildman–Crippen LogP) is 1.41. The molecular weight excluding hydrogens is 268 g/mol. The Balaban J connectivity index is 1.77. The molecule has 0 radical (unpaired) electrons. The number of carbonyl (C=O) groups excluding carboxylic acids is 1. The summed E-state index contributed by atoms with van der Waals surface area (Å²) in [4.78, 5) is 13.8. The van der Waals surface area contributed by atoms with Crippen molar-refractivity contribution in [1.29, 1.82) is 0 Å². The largest absolute Gasteiger partial charge is 0.395 e. The molecule has 1 aromatic carbocycles. The van der Waals surface area contributed by atoms with Crippen LogP contribution >= 0.6 is 0 Å². The number of benzene rings is 1. The van der Waals surface area contributed by atoms with Gasteiger partial charge in [-0.05, 0) is 24.8 Å². The van der Waals surface area contributed by atoms with Gasteiger partial charge in [0.2, 0.25) is 0 Å². The number of hydrogen-bond acceptors (Lipinski definition) is 3. The van der Waals surface area contributed by atoms with Gasteiger partial charge >= 0.3 is 6.03 Å². The van der Waals surface area contributed by atoms with E-state index in [1.165, 1.54) is 5.56 Å². The van der Waals surface area contributed by atoms with Crippen molar-refractivity contribution in [3.63, 3.8) is 0 Å². The normalized spacial score (nSPS) is 17.7. The third-order valence-electron chi connectivity index (χ3n) is 3.68. The summed E-state index contributed by atoms with van der Waals surface area (Å²) < 4.78 is 5.49. The van der Waals surface area contributed by atoms with Gasteiger partial charge in [-0.25, -0.2) is 4.79 Å². The number of nitrogens with one attached hydrogen (secondary N) is 1. The quantitative estimate of drug-likeness (QED) is 0.799. The van der Waals surface area contributed by atoms with Gasteiger partial charge in [0.1, 0.15) is 0 Å². The van der Waals surface area contributed by atoms with Crippen molar-refractivity contribution in [1.82, 2.24) is 10.2 Å². The van der Waals surface area contributed by atoms with Crippen molar-refractivity contribution in [3.8, 4) is 0 Å². The van der Waals surface area contributed by atoms with Crippen LogP contribution in [0.1, 0.15) is 18.4 Å². The summed E-state index contributed by atoms with van der Waals surface area (Å²) in [5.41, 5.74) is 1.19. The molecule has 0 aromatic heterocycles. The predicted molar refractivity (Wildman–Crippen MR) is 81.2 cm³/mol. The summed E-state index contributed by atoms with van der Waals surface area (Å²) in [7, 11) is 0. The minimum absolute atomic E-state index is 0.0257. The summed E-state index contributed by atoms with van der Waals surface area (Å²) >= 11 is 0. The highest BCUT2D eigenvalue weighted by molar-refractivity contribution is 5.74. The molecular formula is C16H24N2O3. The number of aliphatic hydroxyl groups is 1. The molecule has 2 N–H and O–H groups in total. The molecule has 1 heterocycles. The second-order valence-electron chi connectivity index (χ2n) is 5.27. The van der Waals surface area contributed by atoms with E-state index in [0.717, 1.165) is 25.9 Å². The molecule has 0 saturated carbocycles. The van der Waals surface area contributed by atoms with E-state index in [4.69, 9.17) is 9.84 Å². The average molecular weight is 292 g/mol. The maximum atomic E-state index is 12.2. The first kappa shape index (κ1) is 15.8. The molecule has 116 valence electrons. The summed E-state index contributed by atoms with van der Waals surface area (Å²) in [5.74, 6) is 0. The third-order valence-corrected chi connectivity index (χ3v) is 3.68. The standard InChI is InChI=1S/C16H24N2O3/c19-11-10-18(9-8-14-5-2-1-3-6-14)16(20)17-13-15-7-4-12-21-15/h1-3,5-6,15,19H,4,7-13H2,(H,17,20). The maximum absolute atomic E-state index is 12.2. The highest BCUT2D eigenvalue weighted by Gasteiger charge is 2.18. The van der Waals surface area contributed by atoms with E-state index in [-0.39, 0.29) is 18.7 Å². The van der Waals surface area contributed by atoms with E-state index < -0.39 is 0 Å². The highest BCUT2D eigenvalue weighted by atomic mass is 16.5. The van der Waals surface area contributed by atoms with Crippen LogP contribution in [0.4, 0.5) is 4.79 Å². The van der Waals surface area contributed by atoms with Gasteiger partial charge < -0.3 is 20.1 Å². The Bertz CT molecular complexity index is 419. The Kier molecular flexibility index (Phi) is 6.50. The number of rotatable bonds is 7. The lowest BCUT2D eigenvalue weighted by Gasteiger charge is -2.23. The number of amides is 2. The van der Waals surface area contributed by atoms with Crippen molar-refractivity contribution in [2.75, 3.05) is 32.8 Å². The molecule has 5 nitrogen and oxygen atoms in total. The zero-order valence-electron chi connectivity index (χ0n) is 12.3. The number of carbonyl (C=O) groups is 1. The van der Waals surface area contributed by atoms with Gasteiger partial charge in [0.15, 0.2) is 0 Å². The lowest BCUT2D eigenvalue weighted by Crippen LogP contribution is -2.44. The van der Waals surface area contributed by atoms with Gasteiger partial charge in [-0.1, -0.05) is 30.3 Å². The van der Waals surface area contributed by atoms with E-state index in [1.807, 2.05) is 30.3 Å². The van der Waals surface area contributed by atoms with Gasteiger partial charge in [0, 0.05) is 26.2 Å². The maximum Gasteiger partial charge on any atom is 0.317 e. The van der Waals surface area contributed by atoms with Crippen LogP contribution in [0.15, 0.2) is 30.3 Å². The van der Waals surface area contributed by atoms with Crippen LogP contribution in [0.2, 0.25) is 0 Å². The van der Waals surface area contributed by atoms with Crippen molar-refractivity contribution in [3.05, 3.63) is 35.9 Å². The zero-order valence-corrected chi connectivity index (χ0v) is 12.3. The van der Waals surface area contributed by atoms with Gasteiger partial charge in [0.25, 0.3) is 0 Å². The lowest BCUT2D eigenvalue weighted by atomic mass is 10.1. The van der Waals surface area contributed by atoms with Crippen LogP contribution in [-0.2, 0) is 11.2 Å². The fraction of sp³-hybridized carbons (Fsp3) is 0.562. The SMILES string of the molecule is O=C(NCC1CCCO1)N(CCO)CCc1ccccc1. The summed E-state index contributed by atoms with van der Waals surface area (Å²) in [6.45, 7) is 2.26. The molecule has 21 heavy (non-hydrogen) atoms. The lowest BCUT2D eigenvalue weighted by molar-refractivity contribution is 0.108. The van der Waals surface area contributed by atoms with Gasteiger partial charge in [-0.3, -0.25) is 0 Å². The molecule has 0 bridgehead atoms. The van der Waals surface area contributed by atoms with E-state index in [1.54, 1.807) is 4.90 Å². The molecule has 1 saturated heterocycles. The zero-order chi connectivity index (χ0) is 14.9. The van der Waals surface area contributed by atoms with Crippen molar-refractivity contribution < 1.29 is 14.6 Å². The van der Waals surface area contributed by atoms with Crippen LogP contribution in [0, 0.1) is 0 Å². The van der Waals surface area contributed by atoms with E-state index in [2.05, 4.69) is 5.32 Å². The van der Waals surface area contributed by atoms with Crippen LogP contribution in [0.5, 0.6) is 0 Å². The van der Waals surface area contributed by atoms with Crippen molar-refractivity contribution in [2.45, 2.75) is 25.4 Å². The molecule has 1 aliphatic rings. The molecule has 1 atom stereocenters. The molecule has 5 heteroatoms. The monoisotopic (exact) mass is 292 g/mol. The van der Waals surface area contributed by atoms with Gasteiger partial charge in [-0.15, -0.1) is 0 Å². The van der Waals surface area contributed by atoms with Crippen LogP contribution in [-0.4, -0.2) is 55.0 Å². The Morgan fingerprint density at radius 2 is 2.14 bits per heavy atom. The third kappa shape index (κ3) is 5.36. The minimum atomic E-state index is -0.129. The molecule has 1 unspecified atom stereocenters. The topological polar surface area (TPSA) is 61.8 Å². The van der Waals surface area contributed by atoms with Crippen molar-refractivity contribution >= 4 is 6.03 Å². The fourth-order valence-electron chi connectivity index (χ4n) is 2.46. The number of hydrogen-bond donors (Lipinski definition) is 2. The Labute approximate surface area is 125 Å². The van der Waals surface area contributed by atoms with Gasteiger partial charge in [0.05, 0.1) is 12.7 Å². The first-order chi connectivity index (χ1) is 10.3. The molecule has 0 aliphatic carbocycles. The number of urea groups is 1. The van der Waals surface area contributed by atoms with E-state index >= 15 is 0 Å². The molecule has 2 amide bonds. The fourth-order valence-corrected chi connectivity index (χ4v) is 2.46. The second kappa shape index (κ2) is 8.64. The Morgan fingerprint density at radius 1 is 1.33 bits per heavy atom. The first-order valence-electron chi connectivity index (χ1n) is 7.59. The summed E-state index contributed by atoms with van der Waals surface area (Å²) in [5, 5.41) is 12.0. The molecule has 0 spiro atoms. The first-order valence-corrected chi connectivity index (χ1v) is 7.59. The van der Waals surface area contributed by atoms with E-state index in [0.29, 0.717) is 19.6 Å². The van der Waals surface area contributed by atoms with Crippen molar-refractivity contribution in [2.24, 2.45) is 0 Å². The van der Waals surface area contributed by atoms with Crippen LogP contribution < -0.4 is 5.32 Å². The minimum Gasteiger partial charge on any atom is -0.395 e. The molecule has 1 aliphatic heterocycles. The number of aliphatic hydroxyl groups excluding tert-OH is 1. The average Bonchev–Trinajstić information content (AvgIpc) is 3.03. The molecule has 1 fully saturated rings. The molecule has 1 aromatic rings. The second-order valence-corrected chi connectivity index (χ2v) is 5.27. The Hall–Kier alpha value is -1.59. The molecule has 2 rings (SSSR count). The van der Waals surface area contributed by atoms with Gasteiger partial charge in [-0.2, -0.15) is 0 Å². The number of nitrogens with zero attached hydrogens (tertiary/aromatic N) is 1. The summed E-state index contributed by atoms with van der Waals surface area (Å²) in [6, 6.07) is 9.91. The summed E-state index contributed by atoms with van der Waals surface area (Å²) in [6.07, 6.45) is 2.99. The smallest absolute Gasteiger partial charge is 0.317 e. The Morgan fingerprint density at radius 3 is 2.81 bits per heavy atom.